The van der Waals surface area contributed by atoms with E-state index in [0.29, 0.717) is 11.8 Å². The van der Waals surface area contributed by atoms with Crippen LogP contribution < -0.4 is 5.73 Å². The van der Waals surface area contributed by atoms with Crippen LogP contribution in [-0.2, 0) is 0 Å². The molecule has 3 nitrogen and oxygen atoms in total. The van der Waals surface area contributed by atoms with Crippen LogP contribution in [0.3, 0.4) is 0 Å². The van der Waals surface area contributed by atoms with E-state index in [2.05, 4.69) is 16.9 Å². The summed E-state index contributed by atoms with van der Waals surface area (Å²) in [6, 6.07) is 0. The van der Waals surface area contributed by atoms with Crippen molar-refractivity contribution in [2.24, 2.45) is 5.73 Å². The van der Waals surface area contributed by atoms with Crippen LogP contribution in [0.1, 0.15) is 6.92 Å². The lowest BCUT2D eigenvalue weighted by Gasteiger charge is -2.03. The molecule has 0 aliphatic rings. The average molecular weight is 157 g/mol. The third-order valence-electron chi connectivity index (χ3n) is 1.12. The zero-order valence-corrected chi connectivity index (χ0v) is 6.69. The molecule has 1 aromatic heterocycles. The smallest absolute Gasteiger partial charge is 0.165 e. The summed E-state index contributed by atoms with van der Waals surface area (Å²) in [5.41, 5.74) is 5.43. The first kappa shape index (κ1) is 7.63. The molecule has 0 amide bonds. The number of rotatable bonds is 3. The van der Waals surface area contributed by atoms with Gasteiger partial charge in [-0.2, -0.15) is 0 Å². The van der Waals surface area contributed by atoms with Crippen LogP contribution in [0.15, 0.2) is 17.6 Å². The third-order valence-corrected chi connectivity index (χ3v) is 2.16. The quantitative estimate of drug-likeness (QED) is 0.639. The Morgan fingerprint density at radius 2 is 2.70 bits per heavy atom. The molecule has 0 saturated heterocycles. The number of nitrogens with two attached hydrogens (primary N) is 1. The molecule has 0 fully saturated rings. The highest BCUT2D eigenvalue weighted by molar-refractivity contribution is 7.99. The Balaban J connectivity index is 2.40. The minimum absolute atomic E-state index is 0.436. The van der Waals surface area contributed by atoms with E-state index >= 15 is 0 Å². The molecule has 4 heteroatoms. The van der Waals surface area contributed by atoms with Crippen molar-refractivity contribution in [1.29, 1.82) is 0 Å². The van der Waals surface area contributed by atoms with E-state index in [4.69, 9.17) is 5.73 Å². The van der Waals surface area contributed by atoms with E-state index in [-0.39, 0.29) is 0 Å². The van der Waals surface area contributed by atoms with E-state index < -0.39 is 0 Å². The lowest BCUT2D eigenvalue weighted by Crippen LogP contribution is -2.12. The number of nitrogens with zero attached hydrogens (tertiary/aromatic N) is 1. The maximum absolute atomic E-state index is 5.43. The van der Waals surface area contributed by atoms with Gasteiger partial charge in [0.15, 0.2) is 5.16 Å². The van der Waals surface area contributed by atoms with Crippen molar-refractivity contribution in [3.05, 3.63) is 12.4 Å². The second kappa shape index (κ2) is 3.63. The van der Waals surface area contributed by atoms with Crippen molar-refractivity contribution in [2.45, 2.75) is 17.3 Å². The van der Waals surface area contributed by atoms with Crippen LogP contribution in [0.4, 0.5) is 0 Å². The molecule has 0 saturated carbocycles. The number of thioether (sulfide) groups is 1. The molecule has 1 atom stereocenters. The van der Waals surface area contributed by atoms with Crippen molar-refractivity contribution < 1.29 is 0 Å². The number of nitrogens with one attached hydrogen (secondary N) is 1. The number of imidazole rings is 1. The number of aromatic nitrogens is 2. The molecule has 1 heterocycles. The highest BCUT2D eigenvalue weighted by Crippen LogP contribution is 2.16. The Bertz CT molecular complexity index is 173. The first-order valence-corrected chi connectivity index (χ1v) is 4.07. The van der Waals surface area contributed by atoms with Gasteiger partial charge in [-0.05, 0) is 0 Å². The lowest BCUT2D eigenvalue weighted by molar-refractivity contribution is 0.936. The molecule has 1 rings (SSSR count). The lowest BCUT2D eigenvalue weighted by atomic mass is 10.5. The predicted molar refractivity (Wildman–Crippen MR) is 43.0 cm³/mol. The van der Waals surface area contributed by atoms with Gasteiger partial charge in [0.25, 0.3) is 0 Å². The molecule has 10 heavy (non-hydrogen) atoms. The second-order valence-corrected chi connectivity index (χ2v) is 3.49. The molecule has 56 valence electrons. The molecule has 0 aromatic carbocycles. The van der Waals surface area contributed by atoms with Gasteiger partial charge in [-0.3, -0.25) is 0 Å². The van der Waals surface area contributed by atoms with Gasteiger partial charge in [0, 0.05) is 24.2 Å². The van der Waals surface area contributed by atoms with Gasteiger partial charge in [-0.15, -0.1) is 0 Å². The van der Waals surface area contributed by atoms with Crippen LogP contribution in [0.25, 0.3) is 0 Å². The van der Waals surface area contributed by atoms with E-state index in [1.807, 2.05) is 6.20 Å². The minimum Gasteiger partial charge on any atom is -0.340 e. The highest BCUT2D eigenvalue weighted by atomic mass is 32.2. The molecule has 1 aromatic rings. The molecular formula is C6H11N3S. The number of hydrogen-bond acceptors (Lipinski definition) is 3. The molecule has 0 aliphatic heterocycles. The van der Waals surface area contributed by atoms with Gasteiger partial charge in [0.05, 0.1) is 0 Å². The summed E-state index contributed by atoms with van der Waals surface area (Å²) in [5, 5.41) is 1.38. The third kappa shape index (κ3) is 2.04. The van der Waals surface area contributed by atoms with Gasteiger partial charge in [-0.1, -0.05) is 18.7 Å². The molecule has 0 spiro atoms. The first-order valence-electron chi connectivity index (χ1n) is 3.19. The fraction of sp³-hybridized carbons (Fsp3) is 0.500. The van der Waals surface area contributed by atoms with Gasteiger partial charge in [-0.25, -0.2) is 4.98 Å². The molecule has 0 aliphatic carbocycles. The van der Waals surface area contributed by atoms with Gasteiger partial charge in [0.2, 0.25) is 0 Å². The van der Waals surface area contributed by atoms with Crippen LogP contribution in [0.2, 0.25) is 0 Å². The van der Waals surface area contributed by atoms with Crippen molar-refractivity contribution in [2.75, 3.05) is 6.54 Å². The number of H-pyrrole nitrogens is 1. The Kier molecular flexibility index (Phi) is 2.77. The Labute approximate surface area is 64.4 Å². The van der Waals surface area contributed by atoms with Crippen LogP contribution >= 0.6 is 11.8 Å². The maximum Gasteiger partial charge on any atom is 0.165 e. The highest BCUT2D eigenvalue weighted by Gasteiger charge is 2.01. The van der Waals surface area contributed by atoms with E-state index in [1.54, 1.807) is 18.0 Å². The monoisotopic (exact) mass is 157 g/mol. The molecule has 3 N–H and O–H groups in total. The topological polar surface area (TPSA) is 54.7 Å². The van der Waals surface area contributed by atoms with Crippen LogP contribution in [0.5, 0.6) is 0 Å². The molecule has 1 unspecified atom stereocenters. The average Bonchev–Trinajstić information content (AvgIpc) is 2.40. The molecule has 0 bridgehead atoms. The summed E-state index contributed by atoms with van der Waals surface area (Å²) < 4.78 is 0. The number of hydrogen-bond donors (Lipinski definition) is 2. The molecule has 0 radical (unpaired) electrons. The fourth-order valence-corrected chi connectivity index (χ4v) is 1.29. The number of aromatic amines is 1. The van der Waals surface area contributed by atoms with E-state index in [1.165, 1.54) is 0 Å². The largest absolute Gasteiger partial charge is 0.340 e. The maximum atomic E-state index is 5.43. The zero-order chi connectivity index (χ0) is 7.40. The summed E-state index contributed by atoms with van der Waals surface area (Å²) in [5.74, 6) is 0. The summed E-state index contributed by atoms with van der Waals surface area (Å²) in [7, 11) is 0. The zero-order valence-electron chi connectivity index (χ0n) is 5.87. The second-order valence-electron chi connectivity index (χ2n) is 2.06. The summed E-state index contributed by atoms with van der Waals surface area (Å²) >= 11 is 1.66. The SMILES string of the molecule is CC(CN)Sc1ncc[nH]1. The Morgan fingerprint density at radius 1 is 1.90 bits per heavy atom. The van der Waals surface area contributed by atoms with E-state index in [0.717, 1.165) is 5.16 Å². The minimum atomic E-state index is 0.436. The van der Waals surface area contributed by atoms with Crippen LogP contribution in [-0.4, -0.2) is 21.8 Å². The summed E-state index contributed by atoms with van der Waals surface area (Å²) in [4.78, 5) is 7.05. The van der Waals surface area contributed by atoms with Crippen LogP contribution in [0, 0.1) is 0 Å². The van der Waals surface area contributed by atoms with Gasteiger partial charge < -0.3 is 10.7 Å². The van der Waals surface area contributed by atoms with Crippen molar-refractivity contribution in [3.8, 4) is 0 Å². The van der Waals surface area contributed by atoms with Crippen molar-refractivity contribution in [3.63, 3.8) is 0 Å². The predicted octanol–water partition coefficient (Wildman–Crippen LogP) is 0.849. The van der Waals surface area contributed by atoms with Gasteiger partial charge in [0.1, 0.15) is 0 Å². The Morgan fingerprint density at radius 3 is 3.20 bits per heavy atom. The fourth-order valence-electron chi connectivity index (χ4n) is 0.554. The normalized spacial score (nSPS) is 13.4. The van der Waals surface area contributed by atoms with Gasteiger partial charge >= 0.3 is 0 Å². The van der Waals surface area contributed by atoms with Crippen molar-refractivity contribution in [1.82, 2.24) is 9.97 Å². The molecular weight excluding hydrogens is 146 g/mol. The van der Waals surface area contributed by atoms with E-state index in [9.17, 15) is 0 Å². The Hall–Kier alpha value is -0.480. The standard InChI is InChI=1S/C6H11N3S/c1-5(4-7)10-6-8-2-3-9-6/h2-3,5H,4,7H2,1H3,(H,8,9). The summed E-state index contributed by atoms with van der Waals surface area (Å²) in [6.45, 7) is 2.76. The van der Waals surface area contributed by atoms with Crippen molar-refractivity contribution >= 4 is 11.8 Å². The summed E-state index contributed by atoms with van der Waals surface area (Å²) in [6.07, 6.45) is 3.55. The first-order chi connectivity index (χ1) is 4.83.